The Kier molecular flexibility index (Phi) is 4.39. The van der Waals surface area contributed by atoms with Crippen molar-refractivity contribution in [1.82, 2.24) is 4.98 Å². The number of aromatic nitrogens is 1. The minimum atomic E-state index is -0.908. The number of aliphatic imine (C=N–C) groups is 1. The first-order chi connectivity index (χ1) is 10.7. The molecule has 0 aliphatic carbocycles. The molecule has 1 aliphatic rings. The highest BCUT2D eigenvalue weighted by Crippen LogP contribution is 2.31. The summed E-state index contributed by atoms with van der Waals surface area (Å²) in [5.41, 5.74) is 0.824. The zero-order valence-electron chi connectivity index (χ0n) is 11.4. The van der Waals surface area contributed by atoms with Crippen LogP contribution in [0.4, 0.5) is 0 Å². The van der Waals surface area contributed by atoms with Crippen molar-refractivity contribution >= 4 is 50.6 Å². The van der Waals surface area contributed by atoms with Crippen LogP contribution in [0.3, 0.4) is 0 Å². The molecule has 0 amide bonds. The van der Waals surface area contributed by atoms with Gasteiger partial charge < -0.3 is 14.6 Å². The molecule has 2 heterocycles. The lowest BCUT2D eigenvalue weighted by Gasteiger charge is -2.02. The van der Waals surface area contributed by atoms with E-state index in [4.69, 9.17) is 9.84 Å². The molecular weight excluding hydrogens is 324 g/mol. The molecular formula is C14H12N2O4S2. The number of nitrogens with zero attached hydrogens (tertiary/aromatic N) is 2. The number of rotatable bonds is 6. The summed E-state index contributed by atoms with van der Waals surface area (Å²) < 4.78 is 6.42. The molecule has 22 heavy (non-hydrogen) atoms. The van der Waals surface area contributed by atoms with Crippen LogP contribution in [0.25, 0.3) is 10.2 Å². The molecule has 1 aromatic carbocycles. The van der Waals surface area contributed by atoms with E-state index < -0.39 is 12.0 Å². The van der Waals surface area contributed by atoms with Crippen LogP contribution in [-0.2, 0) is 9.59 Å². The Bertz CT molecular complexity index is 756. The van der Waals surface area contributed by atoms with E-state index in [1.54, 1.807) is 6.07 Å². The van der Waals surface area contributed by atoms with Crippen LogP contribution >= 0.6 is 23.1 Å². The summed E-state index contributed by atoms with van der Waals surface area (Å²) in [5, 5.41) is 10.4. The number of aliphatic carboxylic acids is 1. The molecule has 0 fully saturated rings. The molecule has 114 valence electrons. The number of hydrogen-bond donors (Lipinski definition) is 1. The lowest BCUT2D eigenvalue weighted by molar-refractivity contribution is -0.137. The summed E-state index contributed by atoms with van der Waals surface area (Å²) in [6.45, 7) is 0.351. The van der Waals surface area contributed by atoms with E-state index in [1.807, 2.05) is 12.1 Å². The lowest BCUT2D eigenvalue weighted by Crippen LogP contribution is -2.17. The second-order valence-electron chi connectivity index (χ2n) is 4.55. The third-order valence-corrected chi connectivity index (χ3v) is 5.19. The third-order valence-electron chi connectivity index (χ3n) is 2.98. The van der Waals surface area contributed by atoms with Crippen LogP contribution in [0, 0.1) is 0 Å². The lowest BCUT2D eigenvalue weighted by atomic mass is 10.3. The van der Waals surface area contributed by atoms with Crippen molar-refractivity contribution in [1.29, 1.82) is 0 Å². The van der Waals surface area contributed by atoms with E-state index in [0.29, 0.717) is 29.6 Å². The van der Waals surface area contributed by atoms with E-state index in [-0.39, 0.29) is 0 Å². The average Bonchev–Trinajstić information content (AvgIpc) is 3.13. The molecule has 0 bridgehead atoms. The van der Waals surface area contributed by atoms with Gasteiger partial charge in [-0.2, -0.15) is 0 Å². The van der Waals surface area contributed by atoms with Gasteiger partial charge in [0, 0.05) is 12.2 Å². The Hall–Kier alpha value is -1.93. The number of carbonyl (C=O) groups is 2. The molecule has 0 spiro atoms. The van der Waals surface area contributed by atoms with Crippen LogP contribution < -0.4 is 4.74 Å². The minimum absolute atomic E-state index is 0.351. The Balaban J connectivity index is 1.82. The van der Waals surface area contributed by atoms with E-state index >= 15 is 0 Å². The fraction of sp³-hybridized carbons (Fsp3) is 0.286. The maximum atomic E-state index is 10.9. The summed E-state index contributed by atoms with van der Waals surface area (Å²) in [7, 11) is 0. The normalized spacial score (nSPS) is 17.5. The van der Waals surface area contributed by atoms with Crippen LogP contribution in [0.1, 0.15) is 11.4 Å². The number of carbonyl (C=O) groups excluding carboxylic acids is 1. The standard InChI is InChI=1S/C14H12N2O4S2/c17-4-1-5-20-8-2-3-9-11(6-8)22-13(15-9)12-16-10(7-21-12)14(18)19/h2-4,6,10H,1,5,7H2,(H,18,19)/t10-/m1/s1. The van der Waals surface area contributed by atoms with Crippen molar-refractivity contribution in [2.45, 2.75) is 12.5 Å². The maximum absolute atomic E-state index is 10.9. The molecule has 6 nitrogen and oxygen atoms in total. The first-order valence-corrected chi connectivity index (χ1v) is 8.38. The van der Waals surface area contributed by atoms with Crippen molar-refractivity contribution in [3.05, 3.63) is 23.2 Å². The van der Waals surface area contributed by atoms with E-state index in [1.165, 1.54) is 23.1 Å². The number of carboxylic acid groups (broad SMARTS) is 1. The first kappa shape index (κ1) is 15.0. The monoisotopic (exact) mass is 336 g/mol. The number of carboxylic acids is 1. The van der Waals surface area contributed by atoms with Gasteiger partial charge in [-0.1, -0.05) is 0 Å². The average molecular weight is 336 g/mol. The van der Waals surface area contributed by atoms with Crippen LogP contribution in [0.5, 0.6) is 5.75 Å². The largest absolute Gasteiger partial charge is 0.493 e. The number of thioether (sulfide) groups is 1. The molecule has 1 N–H and O–H groups in total. The molecule has 3 rings (SSSR count). The summed E-state index contributed by atoms with van der Waals surface area (Å²) >= 11 is 2.87. The van der Waals surface area contributed by atoms with E-state index in [0.717, 1.165) is 21.5 Å². The van der Waals surface area contributed by atoms with Gasteiger partial charge in [-0.05, 0) is 18.2 Å². The molecule has 0 saturated heterocycles. The van der Waals surface area contributed by atoms with Crippen molar-refractivity contribution in [3.8, 4) is 5.75 Å². The molecule has 8 heteroatoms. The predicted molar refractivity (Wildman–Crippen MR) is 86.2 cm³/mol. The highest BCUT2D eigenvalue weighted by molar-refractivity contribution is 8.15. The van der Waals surface area contributed by atoms with Crippen LogP contribution in [0.15, 0.2) is 23.2 Å². The second kappa shape index (κ2) is 6.45. The molecule has 2 aromatic rings. The topological polar surface area (TPSA) is 88.9 Å². The van der Waals surface area contributed by atoms with Gasteiger partial charge in [0.15, 0.2) is 6.04 Å². The molecule has 0 radical (unpaired) electrons. The van der Waals surface area contributed by atoms with Crippen LogP contribution in [-0.4, -0.2) is 45.8 Å². The van der Waals surface area contributed by atoms with Crippen molar-refractivity contribution in [3.63, 3.8) is 0 Å². The number of thiazole rings is 1. The van der Waals surface area contributed by atoms with Gasteiger partial charge >= 0.3 is 5.97 Å². The maximum Gasteiger partial charge on any atom is 0.329 e. The van der Waals surface area contributed by atoms with Gasteiger partial charge in [-0.3, -0.25) is 4.99 Å². The van der Waals surface area contributed by atoms with E-state index in [2.05, 4.69) is 9.98 Å². The smallest absolute Gasteiger partial charge is 0.329 e. The van der Waals surface area contributed by atoms with Gasteiger partial charge in [0.25, 0.3) is 0 Å². The van der Waals surface area contributed by atoms with E-state index in [9.17, 15) is 9.59 Å². The molecule has 1 atom stereocenters. The Morgan fingerprint density at radius 2 is 2.36 bits per heavy atom. The van der Waals surface area contributed by atoms with Crippen LogP contribution in [0.2, 0.25) is 0 Å². The third kappa shape index (κ3) is 3.12. The van der Waals surface area contributed by atoms with Crippen molar-refractivity contribution in [2.24, 2.45) is 4.99 Å². The predicted octanol–water partition coefficient (Wildman–Crippen LogP) is 2.21. The molecule has 1 aliphatic heterocycles. The van der Waals surface area contributed by atoms with Gasteiger partial charge in [0.2, 0.25) is 0 Å². The minimum Gasteiger partial charge on any atom is -0.493 e. The van der Waals surface area contributed by atoms with Crippen molar-refractivity contribution < 1.29 is 19.4 Å². The highest BCUT2D eigenvalue weighted by Gasteiger charge is 2.26. The summed E-state index contributed by atoms with van der Waals surface area (Å²) in [5.74, 6) is 0.226. The summed E-state index contributed by atoms with van der Waals surface area (Å²) in [6, 6.07) is 4.84. The number of benzene rings is 1. The van der Waals surface area contributed by atoms with Gasteiger partial charge in [0.1, 0.15) is 22.1 Å². The fourth-order valence-corrected chi connectivity index (χ4v) is 4.02. The fourth-order valence-electron chi connectivity index (χ4n) is 1.93. The van der Waals surface area contributed by atoms with Crippen molar-refractivity contribution in [2.75, 3.05) is 12.4 Å². The number of ether oxygens (including phenoxy) is 1. The second-order valence-corrected chi connectivity index (χ2v) is 6.59. The van der Waals surface area contributed by atoms with Gasteiger partial charge in [0.05, 0.1) is 16.8 Å². The molecule has 0 unspecified atom stereocenters. The summed E-state index contributed by atoms with van der Waals surface area (Å²) in [4.78, 5) is 29.9. The Morgan fingerprint density at radius 3 is 3.09 bits per heavy atom. The zero-order chi connectivity index (χ0) is 15.5. The number of aldehydes is 1. The van der Waals surface area contributed by atoms with Gasteiger partial charge in [-0.15, -0.1) is 23.1 Å². The zero-order valence-corrected chi connectivity index (χ0v) is 13.0. The first-order valence-electron chi connectivity index (χ1n) is 6.58. The molecule has 1 aromatic heterocycles. The Morgan fingerprint density at radius 1 is 1.50 bits per heavy atom. The highest BCUT2D eigenvalue weighted by atomic mass is 32.2. The molecule has 0 saturated carbocycles. The van der Waals surface area contributed by atoms with Gasteiger partial charge in [-0.25, -0.2) is 9.78 Å². The number of hydrogen-bond acceptors (Lipinski definition) is 7. The number of fused-ring (bicyclic) bond motifs is 1. The quantitative estimate of drug-likeness (QED) is 0.643. The summed E-state index contributed by atoms with van der Waals surface area (Å²) in [6.07, 6.45) is 1.17. The SMILES string of the molecule is O=CCCOc1ccc2nc(C3=N[C@@H](C(=O)O)CS3)sc2c1. The Labute approximate surface area is 134 Å².